The highest BCUT2D eigenvalue weighted by Gasteiger charge is 2.55. The second kappa shape index (κ2) is 5.06. The third-order valence-corrected chi connectivity index (χ3v) is 4.85. The van der Waals surface area contributed by atoms with Gasteiger partial charge < -0.3 is 5.32 Å². The third kappa shape index (κ3) is 2.46. The SMILES string of the molecule is CCNC(c1cccc(C(F)(F)F)c1)C1C2CCCC21. The highest BCUT2D eigenvalue weighted by atomic mass is 19.4. The van der Waals surface area contributed by atoms with Crippen molar-refractivity contribution in [3.63, 3.8) is 0 Å². The summed E-state index contributed by atoms with van der Waals surface area (Å²) in [6, 6.07) is 5.91. The van der Waals surface area contributed by atoms with Crippen LogP contribution in [0.5, 0.6) is 0 Å². The lowest BCUT2D eigenvalue weighted by molar-refractivity contribution is -0.137. The number of rotatable bonds is 4. The zero-order valence-electron chi connectivity index (χ0n) is 11.6. The highest BCUT2D eigenvalue weighted by molar-refractivity contribution is 5.30. The van der Waals surface area contributed by atoms with E-state index in [1.54, 1.807) is 0 Å². The van der Waals surface area contributed by atoms with Crippen molar-refractivity contribution >= 4 is 0 Å². The first kappa shape index (κ1) is 13.9. The summed E-state index contributed by atoms with van der Waals surface area (Å²) in [6.45, 7) is 2.80. The standard InChI is InChI=1S/C16H20F3N/c1-2-20-15(14-12-7-4-8-13(12)14)10-5-3-6-11(9-10)16(17,18)19/h3,5-6,9,12-15,20H,2,4,7-8H2,1H3. The number of fused-ring (bicyclic) bond motifs is 1. The van der Waals surface area contributed by atoms with E-state index in [9.17, 15) is 13.2 Å². The van der Waals surface area contributed by atoms with Crippen molar-refractivity contribution in [1.29, 1.82) is 0 Å². The van der Waals surface area contributed by atoms with E-state index in [0.29, 0.717) is 5.92 Å². The molecule has 0 saturated heterocycles. The molecule has 3 unspecified atom stereocenters. The number of hydrogen-bond acceptors (Lipinski definition) is 1. The van der Waals surface area contributed by atoms with Crippen molar-refractivity contribution in [2.24, 2.45) is 17.8 Å². The first-order chi connectivity index (χ1) is 9.52. The third-order valence-electron chi connectivity index (χ3n) is 4.85. The summed E-state index contributed by atoms with van der Waals surface area (Å²) < 4.78 is 38.5. The second-order valence-electron chi connectivity index (χ2n) is 5.99. The lowest BCUT2D eigenvalue weighted by Gasteiger charge is -2.21. The van der Waals surface area contributed by atoms with Gasteiger partial charge in [0, 0.05) is 6.04 Å². The van der Waals surface area contributed by atoms with Crippen LogP contribution in [-0.2, 0) is 6.18 Å². The fourth-order valence-corrected chi connectivity index (χ4v) is 3.98. The monoisotopic (exact) mass is 283 g/mol. The maximum atomic E-state index is 12.8. The van der Waals surface area contributed by atoms with E-state index in [0.717, 1.165) is 30.0 Å². The summed E-state index contributed by atoms with van der Waals surface area (Å²) in [7, 11) is 0. The Morgan fingerprint density at radius 3 is 2.55 bits per heavy atom. The summed E-state index contributed by atoms with van der Waals surface area (Å²) >= 11 is 0. The van der Waals surface area contributed by atoms with Crippen LogP contribution in [0.4, 0.5) is 13.2 Å². The minimum absolute atomic E-state index is 0.0811. The van der Waals surface area contributed by atoms with Gasteiger partial charge in [0.05, 0.1) is 5.56 Å². The maximum Gasteiger partial charge on any atom is 0.416 e. The van der Waals surface area contributed by atoms with Crippen LogP contribution in [-0.4, -0.2) is 6.54 Å². The van der Waals surface area contributed by atoms with Crippen LogP contribution in [0.3, 0.4) is 0 Å². The summed E-state index contributed by atoms with van der Waals surface area (Å²) in [6.07, 6.45) is -0.480. The molecule has 0 aromatic heterocycles. The van der Waals surface area contributed by atoms with Crippen molar-refractivity contribution in [1.82, 2.24) is 5.32 Å². The van der Waals surface area contributed by atoms with E-state index in [1.165, 1.54) is 31.4 Å². The molecule has 1 nitrogen and oxygen atoms in total. The van der Waals surface area contributed by atoms with Gasteiger partial charge in [0.1, 0.15) is 0 Å². The fraction of sp³-hybridized carbons (Fsp3) is 0.625. The molecule has 0 aliphatic heterocycles. The van der Waals surface area contributed by atoms with E-state index >= 15 is 0 Å². The Kier molecular flexibility index (Phi) is 3.53. The van der Waals surface area contributed by atoms with Crippen molar-refractivity contribution in [2.45, 2.75) is 38.4 Å². The summed E-state index contributed by atoms with van der Waals surface area (Å²) in [4.78, 5) is 0. The van der Waals surface area contributed by atoms with Gasteiger partial charge in [-0.3, -0.25) is 0 Å². The van der Waals surface area contributed by atoms with Crippen LogP contribution in [0.2, 0.25) is 0 Å². The minimum Gasteiger partial charge on any atom is -0.310 e. The van der Waals surface area contributed by atoms with Crippen LogP contribution in [0.15, 0.2) is 24.3 Å². The average Bonchev–Trinajstić information content (AvgIpc) is 2.87. The molecular formula is C16H20F3N. The Morgan fingerprint density at radius 1 is 1.25 bits per heavy atom. The van der Waals surface area contributed by atoms with Crippen LogP contribution in [0.25, 0.3) is 0 Å². The molecule has 2 saturated carbocycles. The molecule has 0 bridgehead atoms. The van der Waals surface area contributed by atoms with Crippen LogP contribution in [0.1, 0.15) is 43.4 Å². The first-order valence-corrected chi connectivity index (χ1v) is 7.43. The van der Waals surface area contributed by atoms with Crippen molar-refractivity contribution in [3.05, 3.63) is 35.4 Å². The van der Waals surface area contributed by atoms with Crippen molar-refractivity contribution < 1.29 is 13.2 Å². The Bertz CT molecular complexity index is 473. The maximum absolute atomic E-state index is 12.8. The molecule has 2 aliphatic carbocycles. The molecule has 1 aromatic rings. The van der Waals surface area contributed by atoms with Crippen LogP contribution in [0, 0.1) is 17.8 Å². The van der Waals surface area contributed by atoms with Gasteiger partial charge in [0.2, 0.25) is 0 Å². The Hall–Kier alpha value is -1.03. The number of hydrogen-bond donors (Lipinski definition) is 1. The van der Waals surface area contributed by atoms with Gasteiger partial charge in [-0.25, -0.2) is 0 Å². The molecule has 1 N–H and O–H groups in total. The predicted molar refractivity (Wildman–Crippen MR) is 72.2 cm³/mol. The Labute approximate surface area is 117 Å². The normalized spacial score (nSPS) is 30.1. The van der Waals surface area contributed by atoms with Gasteiger partial charge >= 0.3 is 6.18 Å². The first-order valence-electron chi connectivity index (χ1n) is 7.43. The summed E-state index contributed by atoms with van der Waals surface area (Å²) in [5.41, 5.74) is 0.254. The average molecular weight is 283 g/mol. The number of nitrogens with one attached hydrogen (secondary N) is 1. The van der Waals surface area contributed by atoms with Gasteiger partial charge in [-0.2, -0.15) is 13.2 Å². The lowest BCUT2D eigenvalue weighted by Crippen LogP contribution is -2.24. The number of halogens is 3. The molecule has 3 rings (SSSR count). The predicted octanol–water partition coefficient (Wildman–Crippen LogP) is 4.40. The van der Waals surface area contributed by atoms with Crippen molar-refractivity contribution in [2.75, 3.05) is 6.54 Å². The number of alkyl halides is 3. The molecule has 3 atom stereocenters. The Balaban J connectivity index is 1.84. The van der Waals surface area contributed by atoms with E-state index < -0.39 is 11.7 Å². The van der Waals surface area contributed by atoms with E-state index in [-0.39, 0.29) is 6.04 Å². The molecule has 0 radical (unpaired) electrons. The molecule has 4 heteroatoms. The fourth-order valence-electron chi connectivity index (χ4n) is 3.98. The Morgan fingerprint density at radius 2 is 1.95 bits per heavy atom. The summed E-state index contributed by atoms with van der Waals surface area (Å²) in [5.74, 6) is 1.99. The largest absolute Gasteiger partial charge is 0.416 e. The molecule has 1 aromatic carbocycles. The van der Waals surface area contributed by atoms with E-state index in [2.05, 4.69) is 5.32 Å². The quantitative estimate of drug-likeness (QED) is 0.863. The highest BCUT2D eigenvalue weighted by Crippen LogP contribution is 2.62. The molecule has 2 fully saturated rings. The van der Waals surface area contributed by atoms with Crippen molar-refractivity contribution in [3.8, 4) is 0 Å². The molecule has 110 valence electrons. The van der Waals surface area contributed by atoms with E-state index in [1.807, 2.05) is 13.0 Å². The van der Waals surface area contributed by atoms with Gasteiger partial charge in [0.15, 0.2) is 0 Å². The summed E-state index contributed by atoms with van der Waals surface area (Å²) in [5, 5.41) is 3.40. The second-order valence-corrected chi connectivity index (χ2v) is 5.99. The molecule has 0 heterocycles. The van der Waals surface area contributed by atoms with Crippen LogP contribution >= 0.6 is 0 Å². The zero-order valence-corrected chi connectivity index (χ0v) is 11.6. The lowest BCUT2D eigenvalue weighted by atomic mass is 9.95. The van der Waals surface area contributed by atoms with Gasteiger partial charge in [-0.05, 0) is 54.8 Å². The zero-order chi connectivity index (χ0) is 14.3. The number of benzene rings is 1. The van der Waals surface area contributed by atoms with Gasteiger partial charge in [0.25, 0.3) is 0 Å². The molecule has 2 aliphatic rings. The van der Waals surface area contributed by atoms with Gasteiger partial charge in [-0.1, -0.05) is 25.5 Å². The molecular weight excluding hydrogens is 263 g/mol. The van der Waals surface area contributed by atoms with E-state index in [4.69, 9.17) is 0 Å². The topological polar surface area (TPSA) is 12.0 Å². The minimum atomic E-state index is -4.26. The smallest absolute Gasteiger partial charge is 0.310 e. The molecule has 0 amide bonds. The van der Waals surface area contributed by atoms with Gasteiger partial charge in [-0.15, -0.1) is 0 Å². The molecule has 20 heavy (non-hydrogen) atoms. The molecule has 0 spiro atoms. The van der Waals surface area contributed by atoms with Crippen LogP contribution < -0.4 is 5.32 Å².